The predicted molar refractivity (Wildman–Crippen MR) is 150 cm³/mol. The van der Waals surface area contributed by atoms with Crippen molar-refractivity contribution in [2.24, 2.45) is 0 Å². The molecule has 192 valence electrons. The number of benzene rings is 4. The smallest absolute Gasteiger partial charge is 0.180 e. The fourth-order valence-electron chi connectivity index (χ4n) is 3.96. The van der Waals surface area contributed by atoms with Gasteiger partial charge in [0.2, 0.25) is 0 Å². The van der Waals surface area contributed by atoms with Gasteiger partial charge in [-0.05, 0) is 52.9 Å². The Morgan fingerprint density at radius 3 is 1.14 bits per heavy atom. The molecule has 37 heavy (non-hydrogen) atoms. The predicted octanol–water partition coefficient (Wildman–Crippen LogP) is 6.79. The monoisotopic (exact) mass is 572 g/mol. The summed E-state index contributed by atoms with van der Waals surface area (Å²) in [7, 11) is -7.12. The largest absolute Gasteiger partial charge is 0.224 e. The minimum absolute atomic E-state index is 0.193. The van der Waals surface area contributed by atoms with E-state index in [4.69, 9.17) is 23.2 Å². The lowest BCUT2D eigenvalue weighted by atomic mass is 10.1. The van der Waals surface area contributed by atoms with E-state index >= 15 is 0 Å². The highest BCUT2D eigenvalue weighted by atomic mass is 35.5. The minimum Gasteiger partial charge on any atom is -0.224 e. The fourth-order valence-corrected chi connectivity index (χ4v) is 7.89. The van der Waals surface area contributed by atoms with Gasteiger partial charge in [0, 0.05) is 0 Å². The second-order valence-corrected chi connectivity index (χ2v) is 13.9. The third-order valence-corrected chi connectivity index (χ3v) is 10.7. The van der Waals surface area contributed by atoms with Gasteiger partial charge in [0.15, 0.2) is 19.7 Å². The van der Waals surface area contributed by atoms with Crippen molar-refractivity contribution in [2.75, 3.05) is 11.5 Å². The van der Waals surface area contributed by atoms with Crippen LogP contribution in [0.3, 0.4) is 0 Å². The maximum Gasteiger partial charge on any atom is 0.180 e. The molecule has 8 heteroatoms. The zero-order valence-electron chi connectivity index (χ0n) is 19.9. The summed E-state index contributed by atoms with van der Waals surface area (Å²) in [5, 5.41) is -1.27. The van der Waals surface area contributed by atoms with E-state index in [1.54, 1.807) is 48.5 Å². The third-order valence-electron chi connectivity index (χ3n) is 6.03. The number of alkyl halides is 2. The quantitative estimate of drug-likeness (QED) is 0.196. The number of hydrogen-bond donors (Lipinski definition) is 0. The van der Waals surface area contributed by atoms with Gasteiger partial charge in [0.05, 0.1) is 32.1 Å². The first-order chi connectivity index (χ1) is 17.6. The van der Waals surface area contributed by atoms with Crippen LogP contribution in [-0.2, 0) is 26.1 Å². The van der Waals surface area contributed by atoms with Gasteiger partial charge in [-0.15, -0.1) is 23.2 Å². The molecule has 0 aliphatic carbocycles. The molecule has 2 atom stereocenters. The maximum absolute atomic E-state index is 12.8. The van der Waals surface area contributed by atoms with Gasteiger partial charge in [-0.2, -0.15) is 0 Å². The van der Waals surface area contributed by atoms with Gasteiger partial charge in [-0.3, -0.25) is 0 Å². The maximum atomic E-state index is 12.8. The summed E-state index contributed by atoms with van der Waals surface area (Å²) in [6, 6.07) is 31.7. The van der Waals surface area contributed by atoms with E-state index in [-0.39, 0.29) is 21.3 Å². The molecule has 4 nitrogen and oxygen atoms in total. The molecular formula is C29H26Cl2O4S2. The molecule has 0 saturated heterocycles. The van der Waals surface area contributed by atoms with Crippen LogP contribution in [0.15, 0.2) is 119 Å². The molecule has 0 radical (unpaired) electrons. The highest BCUT2D eigenvalue weighted by molar-refractivity contribution is 7.91. The van der Waals surface area contributed by atoms with E-state index in [0.29, 0.717) is 6.42 Å². The molecule has 0 spiro atoms. The van der Waals surface area contributed by atoms with Gasteiger partial charge in [0.1, 0.15) is 0 Å². The summed E-state index contributed by atoms with van der Waals surface area (Å²) in [5.74, 6) is -0.386. The van der Waals surface area contributed by atoms with Gasteiger partial charge < -0.3 is 0 Å². The molecule has 2 unspecified atom stereocenters. The van der Waals surface area contributed by atoms with Crippen LogP contribution in [-0.4, -0.2) is 28.3 Å². The molecule has 0 aliphatic rings. The Balaban J connectivity index is 1.39. The lowest BCUT2D eigenvalue weighted by Crippen LogP contribution is -2.12. The van der Waals surface area contributed by atoms with Gasteiger partial charge in [-0.1, -0.05) is 84.9 Å². The van der Waals surface area contributed by atoms with Crippen LogP contribution in [0.25, 0.3) is 0 Å². The molecule has 0 saturated carbocycles. The number of sulfone groups is 2. The zero-order valence-corrected chi connectivity index (χ0v) is 23.0. The Bertz CT molecular complexity index is 1400. The van der Waals surface area contributed by atoms with Crippen molar-refractivity contribution in [2.45, 2.75) is 27.0 Å². The number of hydrogen-bond acceptors (Lipinski definition) is 4. The molecular weight excluding hydrogens is 547 g/mol. The Labute approximate surface area is 228 Å². The summed E-state index contributed by atoms with van der Waals surface area (Å²) < 4.78 is 51.3. The Morgan fingerprint density at radius 2 is 0.811 bits per heavy atom. The lowest BCUT2D eigenvalue weighted by molar-refractivity contribution is 0.593. The summed E-state index contributed by atoms with van der Waals surface area (Å²) in [4.78, 5) is 0.432. The van der Waals surface area contributed by atoms with E-state index in [1.165, 1.54) is 0 Å². The van der Waals surface area contributed by atoms with Gasteiger partial charge in [0.25, 0.3) is 0 Å². The van der Waals surface area contributed by atoms with Crippen LogP contribution < -0.4 is 0 Å². The van der Waals surface area contributed by atoms with E-state index in [1.807, 2.05) is 60.7 Å². The summed E-state index contributed by atoms with van der Waals surface area (Å²) in [6.07, 6.45) is 0.533. The molecule has 0 aliphatic heterocycles. The molecule has 0 amide bonds. The number of halogens is 2. The van der Waals surface area contributed by atoms with Crippen molar-refractivity contribution in [1.29, 1.82) is 0 Å². The van der Waals surface area contributed by atoms with Crippen molar-refractivity contribution in [3.63, 3.8) is 0 Å². The van der Waals surface area contributed by atoms with Crippen molar-refractivity contribution >= 4 is 42.9 Å². The van der Waals surface area contributed by atoms with Crippen molar-refractivity contribution in [3.05, 3.63) is 131 Å². The third kappa shape index (κ3) is 7.23. The highest BCUT2D eigenvalue weighted by Crippen LogP contribution is 2.27. The highest BCUT2D eigenvalue weighted by Gasteiger charge is 2.22. The Kier molecular flexibility index (Phi) is 8.75. The van der Waals surface area contributed by atoms with Crippen LogP contribution in [0.4, 0.5) is 0 Å². The normalized spacial score (nSPS) is 13.7. The topological polar surface area (TPSA) is 68.3 Å². The standard InChI is InChI=1S/C29H26Cl2O4S2/c30-28(24-7-3-1-4-8-24)20-36(32,33)26-15-11-22(12-16-26)19-23-13-17-27(18-14-23)37(34,35)21-29(31)25-9-5-2-6-10-25/h1-18,28-29H,19-21H2. The van der Waals surface area contributed by atoms with Crippen molar-refractivity contribution in [1.82, 2.24) is 0 Å². The molecule has 0 N–H and O–H groups in total. The van der Waals surface area contributed by atoms with Gasteiger partial charge >= 0.3 is 0 Å². The van der Waals surface area contributed by atoms with Gasteiger partial charge in [-0.25, -0.2) is 16.8 Å². The van der Waals surface area contributed by atoms with E-state index in [2.05, 4.69) is 0 Å². The Hall–Kier alpha value is -2.64. The molecule has 4 aromatic carbocycles. The average molecular weight is 574 g/mol. The SMILES string of the molecule is O=S(=O)(CC(Cl)c1ccccc1)c1ccc(Cc2ccc(S(=O)(=O)CC(Cl)c3ccccc3)cc2)cc1. The van der Waals surface area contributed by atoms with Crippen LogP contribution in [0.5, 0.6) is 0 Å². The van der Waals surface area contributed by atoms with Crippen LogP contribution >= 0.6 is 23.2 Å². The molecule has 4 aromatic rings. The van der Waals surface area contributed by atoms with Crippen LogP contribution in [0.2, 0.25) is 0 Å². The van der Waals surface area contributed by atoms with E-state index < -0.39 is 30.4 Å². The molecule has 0 aromatic heterocycles. The van der Waals surface area contributed by atoms with Crippen molar-refractivity contribution in [3.8, 4) is 0 Å². The fraction of sp³-hybridized carbons (Fsp3) is 0.172. The summed E-state index contributed by atoms with van der Waals surface area (Å²) in [6.45, 7) is 0. The number of rotatable bonds is 10. The second-order valence-electron chi connectivity index (χ2n) is 8.78. The molecule has 4 rings (SSSR count). The molecule has 0 bridgehead atoms. The first kappa shape index (κ1) is 27.4. The lowest BCUT2D eigenvalue weighted by Gasteiger charge is -2.12. The Morgan fingerprint density at radius 1 is 0.486 bits per heavy atom. The van der Waals surface area contributed by atoms with Crippen LogP contribution in [0.1, 0.15) is 33.0 Å². The van der Waals surface area contributed by atoms with E-state index in [9.17, 15) is 16.8 Å². The van der Waals surface area contributed by atoms with Crippen LogP contribution in [0, 0.1) is 0 Å². The average Bonchev–Trinajstić information content (AvgIpc) is 2.90. The van der Waals surface area contributed by atoms with E-state index in [0.717, 1.165) is 22.3 Å². The van der Waals surface area contributed by atoms with Crippen molar-refractivity contribution < 1.29 is 16.8 Å². The summed E-state index contributed by atoms with van der Waals surface area (Å²) in [5.41, 5.74) is 3.34. The first-order valence-electron chi connectivity index (χ1n) is 11.7. The zero-order chi connectivity index (χ0) is 26.5. The molecule has 0 heterocycles. The molecule has 0 fully saturated rings. The minimum atomic E-state index is -3.56. The first-order valence-corrected chi connectivity index (χ1v) is 15.8. The summed E-state index contributed by atoms with van der Waals surface area (Å²) >= 11 is 12.7. The second kappa shape index (κ2) is 11.8.